The monoisotopic (exact) mass is 546 g/mol. The molecule has 2 fully saturated rings. The van der Waals surface area contributed by atoms with Gasteiger partial charge in [-0.3, -0.25) is 19.4 Å². The van der Waals surface area contributed by atoms with Gasteiger partial charge in [0.25, 0.3) is 0 Å². The lowest BCUT2D eigenvalue weighted by molar-refractivity contribution is -0.140. The minimum absolute atomic E-state index is 0.0409. The summed E-state index contributed by atoms with van der Waals surface area (Å²) in [7, 11) is 0. The molecule has 40 heavy (non-hydrogen) atoms. The van der Waals surface area contributed by atoms with Crippen LogP contribution in [0.4, 0.5) is 4.39 Å². The van der Waals surface area contributed by atoms with E-state index >= 15 is 0 Å². The fourth-order valence-electron chi connectivity index (χ4n) is 6.00. The highest BCUT2D eigenvalue weighted by Crippen LogP contribution is 2.59. The number of carbonyl (C=O) groups excluding carboxylic acids is 3. The number of likely N-dealkylation sites (tertiary alicyclic amines) is 1. The number of aromatic nitrogens is 4. The lowest BCUT2D eigenvalue weighted by atomic mass is 10.0. The van der Waals surface area contributed by atoms with Crippen LogP contribution in [0.15, 0.2) is 36.1 Å². The predicted octanol–water partition coefficient (Wildman–Crippen LogP) is 4.46. The molecular formula is C30H35FN6O3. The van der Waals surface area contributed by atoms with E-state index < -0.39 is 12.1 Å². The first-order valence-electron chi connectivity index (χ1n) is 13.6. The molecule has 2 amide bonds. The van der Waals surface area contributed by atoms with Crippen LogP contribution in [0, 0.1) is 19.3 Å². The first-order chi connectivity index (χ1) is 18.8. The van der Waals surface area contributed by atoms with E-state index in [1.807, 2.05) is 13.0 Å². The molecule has 4 atom stereocenters. The molecular weight excluding hydrogens is 511 g/mol. The van der Waals surface area contributed by atoms with Crippen molar-refractivity contribution >= 4 is 28.5 Å². The van der Waals surface area contributed by atoms with Gasteiger partial charge in [0, 0.05) is 41.1 Å². The van der Waals surface area contributed by atoms with E-state index in [0.29, 0.717) is 45.7 Å². The first-order valence-corrected chi connectivity index (χ1v) is 13.6. The number of halogens is 1. The number of fused-ring (bicyclic) bond motifs is 2. The summed E-state index contributed by atoms with van der Waals surface area (Å²) in [6.45, 7) is 12.1. The lowest BCUT2D eigenvalue weighted by Crippen LogP contribution is -2.50. The molecule has 210 valence electrons. The SMILES string of the molecule is CC(=O)c1cn(CC(=O)N2[C@H](C(=O)N[C@H](C)C(F)=C(C)C)C[C@@]3(C)C[C@@H]23)c2c(C)nc(-c3cnc(C)nc3)cc12. The van der Waals surface area contributed by atoms with Gasteiger partial charge in [-0.25, -0.2) is 14.4 Å². The molecule has 10 heteroatoms. The molecule has 1 aliphatic heterocycles. The summed E-state index contributed by atoms with van der Waals surface area (Å²) >= 11 is 0. The number of pyridine rings is 1. The first kappa shape index (κ1) is 27.6. The van der Waals surface area contributed by atoms with Crippen molar-refractivity contribution in [2.24, 2.45) is 5.41 Å². The maximum Gasteiger partial charge on any atom is 0.243 e. The second-order valence-corrected chi connectivity index (χ2v) is 11.7. The van der Waals surface area contributed by atoms with Gasteiger partial charge in [-0.15, -0.1) is 0 Å². The van der Waals surface area contributed by atoms with Crippen molar-refractivity contribution in [3.05, 3.63) is 53.1 Å². The third-order valence-corrected chi connectivity index (χ3v) is 8.23. The molecule has 1 saturated heterocycles. The minimum Gasteiger partial charge on any atom is -0.345 e. The number of ketones is 1. The topological polar surface area (TPSA) is 110 Å². The Morgan fingerprint density at radius 3 is 2.45 bits per heavy atom. The molecule has 0 radical (unpaired) electrons. The molecule has 1 saturated carbocycles. The standard InChI is InChI=1S/C30H35FN6O3/c1-15(2)27(31)16(3)35-29(40)24-9-30(7)10-25(30)37(24)26(39)14-36-13-22(18(5)38)21-8-23(34-17(4)28(21)36)20-11-32-19(6)33-12-20/h8,11-13,16,24-25H,9-10,14H2,1-7H3,(H,35,40)/t16-,24+,25-,30+/m1/s1. The lowest BCUT2D eigenvalue weighted by Gasteiger charge is -2.28. The van der Waals surface area contributed by atoms with E-state index in [4.69, 9.17) is 4.98 Å². The van der Waals surface area contributed by atoms with Crippen LogP contribution in [-0.4, -0.2) is 60.1 Å². The third kappa shape index (κ3) is 4.80. The second kappa shape index (κ2) is 9.91. The average molecular weight is 547 g/mol. The summed E-state index contributed by atoms with van der Waals surface area (Å²) in [5.74, 6) is -0.431. The Morgan fingerprint density at radius 2 is 1.82 bits per heavy atom. The number of aryl methyl sites for hydroxylation is 2. The van der Waals surface area contributed by atoms with Crippen molar-refractivity contribution in [2.75, 3.05) is 0 Å². The van der Waals surface area contributed by atoms with E-state index in [1.54, 1.807) is 55.8 Å². The van der Waals surface area contributed by atoms with Crippen molar-refractivity contribution in [3.63, 3.8) is 0 Å². The quantitative estimate of drug-likeness (QED) is 0.438. The molecule has 0 spiro atoms. The summed E-state index contributed by atoms with van der Waals surface area (Å²) in [5, 5.41) is 3.45. The Hall–Kier alpha value is -3.95. The Bertz CT molecular complexity index is 1570. The van der Waals surface area contributed by atoms with Gasteiger partial charge in [-0.05, 0) is 71.4 Å². The zero-order valence-electron chi connectivity index (χ0n) is 24.0. The van der Waals surface area contributed by atoms with E-state index in [9.17, 15) is 18.8 Å². The Balaban J connectivity index is 1.46. The van der Waals surface area contributed by atoms with Crippen molar-refractivity contribution in [1.29, 1.82) is 0 Å². The molecule has 2 aliphatic rings. The number of hydrogen-bond donors (Lipinski definition) is 1. The van der Waals surface area contributed by atoms with Crippen molar-refractivity contribution in [1.82, 2.24) is 29.7 Å². The zero-order chi connectivity index (χ0) is 29.1. The van der Waals surface area contributed by atoms with Crippen LogP contribution in [0.3, 0.4) is 0 Å². The van der Waals surface area contributed by atoms with Gasteiger partial charge >= 0.3 is 0 Å². The minimum atomic E-state index is -0.771. The number of hydrogen-bond acceptors (Lipinski definition) is 6. The summed E-state index contributed by atoms with van der Waals surface area (Å²) < 4.78 is 16.2. The number of carbonyl (C=O) groups is 3. The highest BCUT2D eigenvalue weighted by atomic mass is 19.1. The average Bonchev–Trinajstić information content (AvgIpc) is 3.24. The molecule has 1 aliphatic carbocycles. The highest BCUT2D eigenvalue weighted by Gasteiger charge is 2.64. The van der Waals surface area contributed by atoms with Crippen LogP contribution in [0.25, 0.3) is 22.2 Å². The van der Waals surface area contributed by atoms with Crippen LogP contribution in [0.2, 0.25) is 0 Å². The van der Waals surface area contributed by atoms with E-state index in [1.165, 1.54) is 6.92 Å². The number of nitrogens with zero attached hydrogens (tertiary/aromatic N) is 5. The summed E-state index contributed by atoms with van der Waals surface area (Å²) in [4.78, 5) is 54.6. The smallest absolute Gasteiger partial charge is 0.243 e. The third-order valence-electron chi connectivity index (χ3n) is 8.23. The Kier molecular flexibility index (Phi) is 6.84. The molecule has 3 aromatic rings. The van der Waals surface area contributed by atoms with Crippen LogP contribution >= 0.6 is 0 Å². The van der Waals surface area contributed by atoms with Crippen LogP contribution < -0.4 is 5.32 Å². The summed E-state index contributed by atoms with van der Waals surface area (Å²) in [5.41, 5.74) is 3.58. The highest BCUT2D eigenvalue weighted by molar-refractivity contribution is 6.08. The van der Waals surface area contributed by atoms with Gasteiger partial charge in [0.2, 0.25) is 11.8 Å². The summed E-state index contributed by atoms with van der Waals surface area (Å²) in [6.07, 6.45) is 6.44. The molecule has 0 unspecified atom stereocenters. The van der Waals surface area contributed by atoms with Crippen LogP contribution in [-0.2, 0) is 16.1 Å². The van der Waals surface area contributed by atoms with Crippen molar-refractivity contribution in [3.8, 4) is 11.3 Å². The molecule has 9 nitrogen and oxygen atoms in total. The van der Waals surface area contributed by atoms with E-state index in [2.05, 4.69) is 22.2 Å². The number of amides is 2. The van der Waals surface area contributed by atoms with E-state index in [0.717, 1.165) is 12.0 Å². The number of Topliss-reactive ketones (excluding diaryl/α,β-unsaturated/α-hetero) is 1. The molecule has 0 aromatic carbocycles. The molecule has 5 rings (SSSR count). The molecule has 1 N–H and O–H groups in total. The largest absolute Gasteiger partial charge is 0.345 e. The van der Waals surface area contributed by atoms with Crippen LogP contribution in [0.5, 0.6) is 0 Å². The number of rotatable bonds is 7. The van der Waals surface area contributed by atoms with Gasteiger partial charge in [0.05, 0.1) is 22.9 Å². The molecule has 3 aromatic heterocycles. The maximum atomic E-state index is 14.4. The summed E-state index contributed by atoms with van der Waals surface area (Å²) in [6, 6.07) is 0.343. The predicted molar refractivity (Wildman–Crippen MR) is 149 cm³/mol. The van der Waals surface area contributed by atoms with Gasteiger partial charge in [-0.1, -0.05) is 6.92 Å². The number of piperidine rings is 1. The van der Waals surface area contributed by atoms with Gasteiger partial charge in [0.15, 0.2) is 5.78 Å². The fraction of sp³-hybridized carbons (Fsp3) is 0.467. The van der Waals surface area contributed by atoms with Gasteiger partial charge in [-0.2, -0.15) is 0 Å². The van der Waals surface area contributed by atoms with Crippen LogP contribution in [0.1, 0.15) is 69.3 Å². The van der Waals surface area contributed by atoms with Gasteiger partial charge < -0.3 is 14.8 Å². The zero-order valence-corrected chi connectivity index (χ0v) is 24.0. The number of allylic oxidation sites excluding steroid dienone is 1. The van der Waals surface area contributed by atoms with E-state index in [-0.39, 0.29) is 41.4 Å². The Morgan fingerprint density at radius 1 is 1.15 bits per heavy atom. The second-order valence-electron chi connectivity index (χ2n) is 11.7. The number of nitrogens with one attached hydrogen (secondary N) is 1. The molecule has 0 bridgehead atoms. The van der Waals surface area contributed by atoms with Crippen molar-refractivity contribution in [2.45, 2.75) is 86.0 Å². The maximum absolute atomic E-state index is 14.4. The fourth-order valence-corrected chi connectivity index (χ4v) is 6.00. The molecule has 4 heterocycles. The Labute approximate surface area is 232 Å². The van der Waals surface area contributed by atoms with Gasteiger partial charge in [0.1, 0.15) is 24.2 Å². The normalized spacial score (nSPS) is 22.1. The van der Waals surface area contributed by atoms with Crippen molar-refractivity contribution < 1.29 is 18.8 Å².